The van der Waals surface area contributed by atoms with Crippen LogP contribution in [-0.2, 0) is 6.54 Å². The van der Waals surface area contributed by atoms with Crippen LogP contribution in [0.5, 0.6) is 0 Å². The molecular formula is C16H29IN4S. The lowest BCUT2D eigenvalue weighted by Gasteiger charge is -2.26. The van der Waals surface area contributed by atoms with Crippen molar-refractivity contribution >= 4 is 41.3 Å². The molecule has 0 bridgehead atoms. The number of nitrogens with one attached hydrogen (secondary N) is 2. The molecule has 0 aromatic carbocycles. The average Bonchev–Trinajstić information content (AvgIpc) is 3.20. The third kappa shape index (κ3) is 6.42. The SMILES string of the molecule is CN=C(NCCN(C(C)C)C1CC1)NCc1ccc(C)s1.I. The molecule has 0 spiro atoms. The molecule has 1 aliphatic rings. The molecular weight excluding hydrogens is 407 g/mol. The summed E-state index contributed by atoms with van der Waals surface area (Å²) >= 11 is 1.83. The molecule has 1 fully saturated rings. The number of thiophene rings is 1. The Hall–Kier alpha value is -0.340. The molecule has 6 heteroatoms. The van der Waals surface area contributed by atoms with Gasteiger partial charge in [0.15, 0.2) is 5.96 Å². The Labute approximate surface area is 155 Å². The summed E-state index contributed by atoms with van der Waals surface area (Å²) in [6, 6.07) is 5.78. The Kier molecular flexibility index (Phi) is 8.71. The lowest BCUT2D eigenvalue weighted by molar-refractivity contribution is 0.215. The molecule has 0 saturated heterocycles. The van der Waals surface area contributed by atoms with Crippen molar-refractivity contribution in [3.05, 3.63) is 21.9 Å². The van der Waals surface area contributed by atoms with E-state index in [9.17, 15) is 0 Å². The van der Waals surface area contributed by atoms with Gasteiger partial charge in [0, 0.05) is 42.0 Å². The molecule has 1 heterocycles. The third-order valence-corrected chi connectivity index (χ3v) is 4.79. The van der Waals surface area contributed by atoms with E-state index < -0.39 is 0 Å². The van der Waals surface area contributed by atoms with E-state index in [1.54, 1.807) is 0 Å². The second kappa shape index (κ2) is 9.72. The number of aryl methyl sites for hydroxylation is 1. The van der Waals surface area contributed by atoms with E-state index in [1.165, 1.54) is 22.6 Å². The molecule has 0 unspecified atom stereocenters. The lowest BCUT2D eigenvalue weighted by Crippen LogP contribution is -2.43. The molecule has 22 heavy (non-hydrogen) atoms. The van der Waals surface area contributed by atoms with E-state index in [0.29, 0.717) is 6.04 Å². The van der Waals surface area contributed by atoms with Crippen LogP contribution in [0.4, 0.5) is 0 Å². The highest BCUT2D eigenvalue weighted by Crippen LogP contribution is 2.27. The molecule has 2 rings (SSSR count). The number of halogens is 1. The van der Waals surface area contributed by atoms with Crippen molar-refractivity contribution in [2.45, 2.75) is 52.2 Å². The van der Waals surface area contributed by atoms with Crippen LogP contribution in [0.15, 0.2) is 17.1 Å². The van der Waals surface area contributed by atoms with E-state index in [1.807, 2.05) is 18.4 Å². The van der Waals surface area contributed by atoms with Crippen LogP contribution in [-0.4, -0.2) is 43.1 Å². The Bertz CT molecular complexity index is 466. The maximum Gasteiger partial charge on any atom is 0.191 e. The van der Waals surface area contributed by atoms with Crippen LogP contribution >= 0.6 is 35.3 Å². The second-order valence-corrected chi connectivity index (χ2v) is 7.30. The van der Waals surface area contributed by atoms with E-state index in [-0.39, 0.29) is 24.0 Å². The second-order valence-electron chi connectivity index (χ2n) is 5.93. The largest absolute Gasteiger partial charge is 0.355 e. The number of nitrogens with zero attached hydrogens (tertiary/aromatic N) is 2. The number of guanidine groups is 1. The fourth-order valence-electron chi connectivity index (χ4n) is 2.54. The average molecular weight is 436 g/mol. The first-order chi connectivity index (χ1) is 10.1. The molecule has 4 nitrogen and oxygen atoms in total. The van der Waals surface area contributed by atoms with Crippen LogP contribution in [0.25, 0.3) is 0 Å². The summed E-state index contributed by atoms with van der Waals surface area (Å²) in [5.41, 5.74) is 0. The Morgan fingerprint density at radius 3 is 2.59 bits per heavy atom. The van der Waals surface area contributed by atoms with Gasteiger partial charge in [-0.3, -0.25) is 9.89 Å². The smallest absolute Gasteiger partial charge is 0.191 e. The van der Waals surface area contributed by atoms with E-state index >= 15 is 0 Å². The van der Waals surface area contributed by atoms with Crippen molar-refractivity contribution in [2.75, 3.05) is 20.1 Å². The highest BCUT2D eigenvalue weighted by molar-refractivity contribution is 14.0. The normalized spacial score (nSPS) is 15.1. The minimum absolute atomic E-state index is 0. The predicted octanol–water partition coefficient (Wildman–Crippen LogP) is 3.21. The van der Waals surface area contributed by atoms with Gasteiger partial charge in [0.05, 0.1) is 6.54 Å². The summed E-state index contributed by atoms with van der Waals surface area (Å²) in [6.45, 7) is 9.57. The van der Waals surface area contributed by atoms with Crippen molar-refractivity contribution in [3.8, 4) is 0 Å². The first-order valence-electron chi connectivity index (χ1n) is 7.85. The van der Waals surface area contributed by atoms with Crippen LogP contribution in [0.2, 0.25) is 0 Å². The fraction of sp³-hybridized carbons (Fsp3) is 0.688. The monoisotopic (exact) mass is 436 g/mol. The summed E-state index contributed by atoms with van der Waals surface area (Å²) in [7, 11) is 1.83. The maximum atomic E-state index is 4.29. The van der Waals surface area contributed by atoms with Crippen molar-refractivity contribution in [1.82, 2.24) is 15.5 Å². The number of aliphatic imine (C=N–C) groups is 1. The molecule has 0 aliphatic heterocycles. The topological polar surface area (TPSA) is 39.7 Å². The Morgan fingerprint density at radius 2 is 2.09 bits per heavy atom. The van der Waals surface area contributed by atoms with E-state index in [0.717, 1.165) is 31.6 Å². The number of hydrogen-bond donors (Lipinski definition) is 2. The first-order valence-corrected chi connectivity index (χ1v) is 8.67. The molecule has 1 aliphatic carbocycles. The molecule has 0 radical (unpaired) electrons. The molecule has 1 aromatic heterocycles. The zero-order chi connectivity index (χ0) is 15.2. The molecule has 0 atom stereocenters. The maximum absolute atomic E-state index is 4.29. The summed E-state index contributed by atoms with van der Waals surface area (Å²) in [5.74, 6) is 0.889. The Morgan fingerprint density at radius 1 is 1.36 bits per heavy atom. The minimum atomic E-state index is 0. The van der Waals surface area contributed by atoms with Gasteiger partial charge < -0.3 is 10.6 Å². The number of hydrogen-bond acceptors (Lipinski definition) is 3. The minimum Gasteiger partial charge on any atom is -0.355 e. The van der Waals surface area contributed by atoms with Gasteiger partial charge in [-0.25, -0.2) is 0 Å². The van der Waals surface area contributed by atoms with Crippen molar-refractivity contribution in [3.63, 3.8) is 0 Å². The van der Waals surface area contributed by atoms with Crippen molar-refractivity contribution in [1.29, 1.82) is 0 Å². The molecule has 126 valence electrons. The zero-order valence-electron chi connectivity index (χ0n) is 14.1. The number of rotatable bonds is 7. The molecule has 1 aromatic rings. The highest BCUT2D eigenvalue weighted by Gasteiger charge is 2.29. The summed E-state index contributed by atoms with van der Waals surface area (Å²) < 4.78 is 0. The lowest BCUT2D eigenvalue weighted by atomic mass is 10.3. The van der Waals surface area contributed by atoms with Gasteiger partial charge in [-0.2, -0.15) is 0 Å². The van der Waals surface area contributed by atoms with Crippen LogP contribution in [0, 0.1) is 6.92 Å². The Balaban J connectivity index is 0.00000242. The predicted molar refractivity (Wildman–Crippen MR) is 108 cm³/mol. The van der Waals surface area contributed by atoms with Gasteiger partial charge in [0.25, 0.3) is 0 Å². The highest BCUT2D eigenvalue weighted by atomic mass is 127. The van der Waals surface area contributed by atoms with Gasteiger partial charge >= 0.3 is 0 Å². The summed E-state index contributed by atoms with van der Waals surface area (Å²) in [5, 5.41) is 6.79. The van der Waals surface area contributed by atoms with Crippen molar-refractivity contribution in [2.24, 2.45) is 4.99 Å². The van der Waals surface area contributed by atoms with Gasteiger partial charge in [-0.1, -0.05) is 0 Å². The van der Waals surface area contributed by atoms with Gasteiger partial charge in [-0.05, 0) is 45.7 Å². The van der Waals surface area contributed by atoms with Crippen LogP contribution in [0.1, 0.15) is 36.4 Å². The van der Waals surface area contributed by atoms with Gasteiger partial charge in [-0.15, -0.1) is 35.3 Å². The van der Waals surface area contributed by atoms with Crippen LogP contribution < -0.4 is 10.6 Å². The fourth-order valence-corrected chi connectivity index (χ4v) is 3.37. The molecule has 2 N–H and O–H groups in total. The third-order valence-electron chi connectivity index (χ3n) is 3.79. The molecule has 0 amide bonds. The van der Waals surface area contributed by atoms with Gasteiger partial charge in [0.1, 0.15) is 0 Å². The first kappa shape index (κ1) is 19.7. The summed E-state index contributed by atoms with van der Waals surface area (Å²) in [4.78, 5) is 9.58. The van der Waals surface area contributed by atoms with Gasteiger partial charge in [0.2, 0.25) is 0 Å². The molecule has 1 saturated carbocycles. The van der Waals surface area contributed by atoms with E-state index in [4.69, 9.17) is 0 Å². The quantitative estimate of drug-likeness (QED) is 0.392. The summed E-state index contributed by atoms with van der Waals surface area (Å²) in [6.07, 6.45) is 2.73. The van der Waals surface area contributed by atoms with E-state index in [2.05, 4.69) is 53.4 Å². The standard InChI is InChI=1S/C16H28N4S.HI/c1-12(2)20(14-6-7-14)10-9-18-16(17-4)19-11-15-8-5-13(3)21-15;/h5,8,12,14H,6-7,9-11H2,1-4H3,(H2,17,18,19);1H. The van der Waals surface area contributed by atoms with Crippen LogP contribution in [0.3, 0.4) is 0 Å². The van der Waals surface area contributed by atoms with Crippen molar-refractivity contribution < 1.29 is 0 Å². The zero-order valence-corrected chi connectivity index (χ0v) is 17.2.